The molecule has 11 N–H and O–H groups in total. The van der Waals surface area contributed by atoms with Gasteiger partial charge in [0.25, 0.3) is 0 Å². The zero-order chi connectivity index (χ0) is 55.2. The fraction of sp³-hybridized carbons (Fsp3) is 0.806. The second-order valence-corrected chi connectivity index (χ2v) is 34.3. The number of carbonyl (C=O) groups is 1. The molecule has 10 nitrogen and oxygen atoms in total. The Morgan fingerprint density at radius 3 is 0.950 bits per heavy atom. The summed E-state index contributed by atoms with van der Waals surface area (Å²) in [4.78, 5) is 11.6. The molecule has 0 heterocycles. The van der Waals surface area contributed by atoms with E-state index in [2.05, 4.69) is 104 Å². The molecular formula is C67H102BI2N4O6-. The third-order valence-electron chi connectivity index (χ3n) is 24.6. The van der Waals surface area contributed by atoms with Gasteiger partial charge < -0.3 is 47.6 Å². The van der Waals surface area contributed by atoms with Crippen LogP contribution < -0.4 is 39.1 Å². The molecule has 20 bridgehead atoms. The zero-order valence-corrected chi connectivity index (χ0v) is 52.0. The topological polar surface area (TPSA) is 194 Å². The Hall–Kier alpha value is -0.725. The number of rotatable bonds is 6. The molecule has 0 spiro atoms. The van der Waals surface area contributed by atoms with Crippen LogP contribution in [0.5, 0.6) is 0 Å². The summed E-state index contributed by atoms with van der Waals surface area (Å²) in [6.45, 7) is 4.55. The van der Waals surface area contributed by atoms with Crippen LogP contribution in [0.2, 0.25) is 0 Å². The van der Waals surface area contributed by atoms with Gasteiger partial charge >= 0.3 is 41.3 Å². The van der Waals surface area contributed by atoms with Gasteiger partial charge in [0, 0.05) is 48.1 Å². The number of hydrogen-bond donors (Lipinski definition) is 9. The number of nitrogens with one attached hydrogen (secondary N) is 2. The molecule has 2 aromatic rings. The molecule has 2 radical (unpaired) electrons. The van der Waals surface area contributed by atoms with Crippen molar-refractivity contribution in [1.29, 1.82) is 0 Å². The first-order valence-corrected chi connectivity index (χ1v) is 39.4. The van der Waals surface area contributed by atoms with Gasteiger partial charge in [-0.2, -0.15) is 0 Å². The average Bonchev–Trinajstić information content (AvgIpc) is 3.59. The Balaban J connectivity index is 0.000000106. The summed E-state index contributed by atoms with van der Waals surface area (Å²) in [5.74, 6) is 10.1. The maximum atomic E-state index is 11.6. The van der Waals surface area contributed by atoms with E-state index in [0.29, 0.717) is 95.3 Å². The Labute approximate surface area is 502 Å². The molecule has 444 valence electrons. The van der Waals surface area contributed by atoms with E-state index in [4.69, 9.17) is 17.2 Å². The van der Waals surface area contributed by atoms with Crippen molar-refractivity contribution >= 4 is 30.1 Å². The molecule has 20 aliphatic rings. The van der Waals surface area contributed by atoms with Crippen LogP contribution in [0.1, 0.15) is 205 Å². The van der Waals surface area contributed by atoms with Gasteiger partial charge in [-0.25, -0.2) is 0 Å². The minimum atomic E-state index is -0.440. The van der Waals surface area contributed by atoms with Crippen LogP contribution in [-0.4, -0.2) is 89.2 Å². The van der Waals surface area contributed by atoms with Crippen molar-refractivity contribution in [1.82, 2.24) is 10.6 Å². The second kappa shape index (κ2) is 24.1. The van der Waals surface area contributed by atoms with Crippen LogP contribution >= 0.6 is 18.6 Å². The van der Waals surface area contributed by atoms with Gasteiger partial charge in [-0.15, -0.1) is 0 Å². The van der Waals surface area contributed by atoms with Crippen molar-refractivity contribution in [2.45, 2.75) is 246 Å². The van der Waals surface area contributed by atoms with Gasteiger partial charge in [0.2, 0.25) is 0 Å². The van der Waals surface area contributed by atoms with Crippen LogP contribution in [0.3, 0.4) is 0 Å². The average molecular weight is 1320 g/mol. The molecule has 2 aromatic carbocycles. The molecular weight excluding hydrogens is 1220 g/mol. The van der Waals surface area contributed by atoms with Crippen molar-refractivity contribution in [3.63, 3.8) is 0 Å². The van der Waals surface area contributed by atoms with Gasteiger partial charge in [0.05, 0.1) is 28.0 Å². The maximum absolute atomic E-state index is 11.6. The van der Waals surface area contributed by atoms with Crippen molar-refractivity contribution in [2.24, 2.45) is 100 Å². The third kappa shape index (κ3) is 13.0. The summed E-state index contributed by atoms with van der Waals surface area (Å²) in [6.07, 6.45) is 27.4. The van der Waals surface area contributed by atoms with E-state index in [-0.39, 0.29) is 58.7 Å². The summed E-state index contributed by atoms with van der Waals surface area (Å²) in [6, 6.07) is 24.3. The number of aliphatic hydroxyl groups is 5. The van der Waals surface area contributed by atoms with Gasteiger partial charge in [0.15, 0.2) is 0 Å². The molecule has 13 heteroatoms. The van der Waals surface area contributed by atoms with Crippen LogP contribution in [0.25, 0.3) is 0 Å². The standard InChI is InChI=1S/2C18H25NO.2C10H17NO.C10H14O2.CH4.BI2/c2*1-12(14-5-3-2-4-6-14)19-17-15-7-13-8-16(17)11-18(20,9-13)10-15;3*11-9-7-1-6-2-8(9)5-10(12,3-6)4-7;;1-3-2/h2*2-6,12-13,15-17,19-20H,7-11H2,1H3;2*6-9,12H,1-5,11H2;6-8,12H,1-5H2;1H4;/q;;;;;;-1/t2*12-,13?,15?,16?,17?,18?;;;;;/m00...../s1. The molecule has 12 atom stereocenters. The summed E-state index contributed by atoms with van der Waals surface area (Å²) in [5, 5.41) is 59.5. The third-order valence-corrected chi connectivity index (χ3v) is 24.6. The number of hydrogen-bond acceptors (Lipinski definition) is 10. The van der Waals surface area contributed by atoms with E-state index < -0.39 is 5.60 Å². The molecule has 0 aromatic heterocycles. The molecule has 22 rings (SSSR count). The quantitative estimate of drug-likeness (QED) is 0.103. The summed E-state index contributed by atoms with van der Waals surface area (Å²) < 4.78 is 0. The number of carbonyl (C=O) groups excluding carboxylic acids is 1. The van der Waals surface area contributed by atoms with E-state index in [9.17, 15) is 30.3 Å². The zero-order valence-electron chi connectivity index (χ0n) is 47.7. The Bertz CT molecular complexity index is 2210. The fourth-order valence-electron chi connectivity index (χ4n) is 22.5. The van der Waals surface area contributed by atoms with E-state index in [1.807, 2.05) is 0 Å². The van der Waals surface area contributed by atoms with Crippen LogP contribution in [-0.2, 0) is 4.79 Å². The first-order valence-electron chi connectivity index (χ1n) is 31.9. The predicted octanol–water partition coefficient (Wildman–Crippen LogP) is 7.59. The number of ketones is 1. The number of Topliss-reactive ketones (excluding diaryl/α,β-unsaturated/α-hetero) is 1. The molecule has 20 saturated carbocycles. The van der Waals surface area contributed by atoms with Gasteiger partial charge in [-0.05, 0) is 262 Å². The van der Waals surface area contributed by atoms with E-state index in [1.54, 1.807) is 0 Å². The van der Waals surface area contributed by atoms with E-state index in [1.165, 1.54) is 62.5 Å². The first kappa shape index (κ1) is 60.9. The molecule has 80 heavy (non-hydrogen) atoms. The summed E-state index contributed by atoms with van der Waals surface area (Å²) >= 11 is 2.24. The van der Waals surface area contributed by atoms with Crippen LogP contribution in [0.15, 0.2) is 60.7 Å². The molecule has 0 saturated heterocycles. The van der Waals surface area contributed by atoms with E-state index >= 15 is 0 Å². The summed E-state index contributed by atoms with van der Waals surface area (Å²) in [7, 11) is 0. The first-order chi connectivity index (χ1) is 37.7. The Kier molecular flexibility index (Phi) is 18.4. The van der Waals surface area contributed by atoms with Crippen molar-refractivity contribution < 1.29 is 47.3 Å². The molecule has 20 fully saturated rings. The van der Waals surface area contributed by atoms with Gasteiger partial charge in [-0.1, -0.05) is 68.1 Å². The van der Waals surface area contributed by atoms with Gasteiger partial charge in [-0.3, -0.25) is 4.79 Å². The monoisotopic (exact) mass is 1320 g/mol. The van der Waals surface area contributed by atoms with Crippen molar-refractivity contribution in [2.75, 3.05) is 0 Å². The number of nitrogens with two attached hydrogens (primary N) is 2. The predicted molar refractivity (Wildman–Crippen MR) is 324 cm³/mol. The minimum absolute atomic E-state index is 0. The SMILES string of the molecule is C.C[C@H](NC1C2CC3CC1CC(O)(C3)C2)c1ccccc1.C[C@H](NC1C2CC3CC1CC(O)(C3)C2)c1ccccc1.NC1C2CC3CC1CC(O)(C3)C2.NC1C2CC3CC1CC(O)(C3)C2.O=C1C2CC3CC1CC(O)(C3)C2.[B][I-]I. The van der Waals surface area contributed by atoms with Crippen LogP contribution in [0, 0.1) is 88.8 Å². The van der Waals surface area contributed by atoms with Crippen LogP contribution in [0.4, 0.5) is 0 Å². The van der Waals surface area contributed by atoms with E-state index in [0.717, 1.165) is 133 Å². The molecule has 0 aliphatic heterocycles. The molecule has 20 aliphatic carbocycles. The molecule has 0 amide bonds. The Morgan fingerprint density at radius 2 is 0.688 bits per heavy atom. The summed E-state index contributed by atoms with van der Waals surface area (Å²) in [5.41, 5.74) is 18.3. The molecule has 10 unspecified atom stereocenters. The van der Waals surface area contributed by atoms with Gasteiger partial charge in [0.1, 0.15) is 5.78 Å². The number of halogens is 2. The van der Waals surface area contributed by atoms with Crippen molar-refractivity contribution in [3.8, 4) is 0 Å². The van der Waals surface area contributed by atoms with Crippen molar-refractivity contribution in [3.05, 3.63) is 71.8 Å². The number of benzene rings is 2. The normalized spacial score (nSPS) is 49.3. The fourth-order valence-corrected chi connectivity index (χ4v) is 22.5. The second-order valence-electron chi connectivity index (χ2n) is 30.6. The Morgan fingerprint density at radius 1 is 0.450 bits per heavy atom.